The Balaban J connectivity index is 1.45. The molecule has 186 valence electrons. The van der Waals surface area contributed by atoms with Crippen LogP contribution in [0.1, 0.15) is 51.1 Å². The van der Waals surface area contributed by atoms with E-state index in [0.29, 0.717) is 11.3 Å². The van der Waals surface area contributed by atoms with Crippen LogP contribution in [0.3, 0.4) is 0 Å². The topological polar surface area (TPSA) is 102 Å². The number of hydrogen-bond donors (Lipinski definition) is 1. The Hall–Kier alpha value is -4.20. The maximum Gasteiger partial charge on any atom is 0.337 e. The molecule has 1 aliphatic heterocycles. The van der Waals surface area contributed by atoms with Crippen molar-refractivity contribution in [1.82, 2.24) is 0 Å². The van der Waals surface area contributed by atoms with Gasteiger partial charge >= 0.3 is 5.97 Å². The molecular weight excluding hydrogens is 458 g/mol. The van der Waals surface area contributed by atoms with Gasteiger partial charge in [0.05, 0.1) is 17.6 Å². The van der Waals surface area contributed by atoms with Gasteiger partial charge in [0.25, 0.3) is 11.6 Å². The lowest BCUT2D eigenvalue weighted by atomic mass is 10.0. The molecular formula is C28H29N3O5. The predicted molar refractivity (Wildman–Crippen MR) is 139 cm³/mol. The number of anilines is 2. The number of methoxy groups -OCH3 is 1. The molecule has 0 saturated carbocycles. The van der Waals surface area contributed by atoms with Crippen LogP contribution in [0.5, 0.6) is 0 Å². The molecule has 0 atom stereocenters. The maximum atomic E-state index is 13.1. The van der Waals surface area contributed by atoms with Gasteiger partial charge in [0.15, 0.2) is 0 Å². The van der Waals surface area contributed by atoms with E-state index in [4.69, 9.17) is 4.74 Å². The van der Waals surface area contributed by atoms with E-state index in [1.54, 1.807) is 30.3 Å². The van der Waals surface area contributed by atoms with Gasteiger partial charge in [0, 0.05) is 30.5 Å². The first-order chi connectivity index (χ1) is 17.4. The lowest BCUT2D eigenvalue weighted by molar-refractivity contribution is -0.385. The van der Waals surface area contributed by atoms with Gasteiger partial charge in [-0.05, 0) is 79.6 Å². The summed E-state index contributed by atoms with van der Waals surface area (Å²) in [5.41, 5.74) is 3.85. The van der Waals surface area contributed by atoms with Crippen LogP contribution in [-0.4, -0.2) is 37.0 Å². The van der Waals surface area contributed by atoms with E-state index < -0.39 is 10.8 Å². The lowest BCUT2D eigenvalue weighted by Crippen LogP contribution is -2.29. The molecule has 8 heteroatoms. The van der Waals surface area contributed by atoms with Crippen molar-refractivity contribution in [2.75, 3.05) is 30.4 Å². The van der Waals surface area contributed by atoms with Crippen molar-refractivity contribution < 1.29 is 19.2 Å². The second kappa shape index (κ2) is 11.5. The minimum absolute atomic E-state index is 0.0548. The molecule has 1 heterocycles. The van der Waals surface area contributed by atoms with Crippen LogP contribution in [0, 0.1) is 10.1 Å². The number of nitro groups is 1. The van der Waals surface area contributed by atoms with Gasteiger partial charge in [-0.2, -0.15) is 0 Å². The zero-order valence-electron chi connectivity index (χ0n) is 20.2. The number of carbonyl (C=O) groups is 2. The molecule has 0 spiro atoms. The molecule has 1 aliphatic rings. The quantitative estimate of drug-likeness (QED) is 0.259. The monoisotopic (exact) mass is 487 g/mol. The summed E-state index contributed by atoms with van der Waals surface area (Å²) in [7, 11) is 1.35. The molecule has 0 aromatic heterocycles. The highest BCUT2D eigenvalue weighted by Crippen LogP contribution is 2.28. The molecule has 3 aromatic carbocycles. The molecule has 0 bridgehead atoms. The van der Waals surface area contributed by atoms with Crippen LogP contribution in [0.15, 0.2) is 66.7 Å². The average molecular weight is 488 g/mol. The molecule has 4 rings (SSSR count). The van der Waals surface area contributed by atoms with Gasteiger partial charge in [-0.3, -0.25) is 14.9 Å². The van der Waals surface area contributed by atoms with Crippen LogP contribution in [0.2, 0.25) is 0 Å². The summed E-state index contributed by atoms with van der Waals surface area (Å²) in [4.78, 5) is 38.0. The Labute approximate surface area is 210 Å². The number of nitrogens with zero attached hydrogens (tertiary/aromatic N) is 2. The van der Waals surface area contributed by atoms with Gasteiger partial charge in [-0.15, -0.1) is 0 Å². The summed E-state index contributed by atoms with van der Waals surface area (Å²) in [6.07, 6.45) is 4.79. The molecule has 1 N–H and O–H groups in total. The third kappa shape index (κ3) is 6.07. The fourth-order valence-corrected chi connectivity index (χ4v) is 4.43. The highest BCUT2D eigenvalue weighted by atomic mass is 16.6. The number of nitro benzene ring substituents is 1. The Bertz CT molecular complexity index is 1250. The second-order valence-corrected chi connectivity index (χ2v) is 8.85. The molecule has 36 heavy (non-hydrogen) atoms. The number of aryl methyl sites for hydroxylation is 2. The third-order valence-corrected chi connectivity index (χ3v) is 6.40. The Morgan fingerprint density at radius 1 is 0.944 bits per heavy atom. The standard InChI is InChI=1S/C28H29N3O5/c1-36-28(33)22-12-10-20(11-13-22)8-9-21-6-5-7-23(18-21)29-27(32)25-19-24(14-15-26(25)31(34)35)30-16-3-2-4-17-30/h5-7,10-15,18-19H,2-4,8-9,16-17H2,1H3,(H,29,32). The fraction of sp³-hybridized carbons (Fsp3) is 0.286. The number of benzene rings is 3. The van der Waals surface area contributed by atoms with E-state index in [0.717, 1.165) is 55.6 Å². The molecule has 0 unspecified atom stereocenters. The largest absolute Gasteiger partial charge is 0.465 e. The highest BCUT2D eigenvalue weighted by molar-refractivity contribution is 6.07. The third-order valence-electron chi connectivity index (χ3n) is 6.40. The van der Waals surface area contributed by atoms with E-state index in [-0.39, 0.29) is 17.2 Å². The summed E-state index contributed by atoms with van der Waals surface area (Å²) in [6.45, 7) is 1.76. The zero-order chi connectivity index (χ0) is 25.5. The Morgan fingerprint density at radius 3 is 2.36 bits per heavy atom. The van der Waals surface area contributed by atoms with Gasteiger partial charge < -0.3 is 15.0 Å². The number of ether oxygens (including phenoxy) is 1. The van der Waals surface area contributed by atoms with Crippen molar-refractivity contribution in [3.63, 3.8) is 0 Å². The number of carbonyl (C=O) groups excluding carboxylic acids is 2. The first kappa shape index (κ1) is 24.9. The smallest absolute Gasteiger partial charge is 0.337 e. The number of hydrogen-bond acceptors (Lipinski definition) is 6. The van der Waals surface area contributed by atoms with Crippen molar-refractivity contribution in [2.45, 2.75) is 32.1 Å². The Morgan fingerprint density at radius 2 is 1.67 bits per heavy atom. The van der Waals surface area contributed by atoms with Gasteiger partial charge in [-0.25, -0.2) is 4.79 Å². The number of esters is 1. The molecule has 1 saturated heterocycles. The predicted octanol–water partition coefficient (Wildman–Crippen LogP) is 5.41. The van der Waals surface area contributed by atoms with E-state index in [2.05, 4.69) is 10.2 Å². The highest BCUT2D eigenvalue weighted by Gasteiger charge is 2.23. The molecule has 1 fully saturated rings. The average Bonchev–Trinajstić information content (AvgIpc) is 2.92. The van der Waals surface area contributed by atoms with Crippen LogP contribution in [0.4, 0.5) is 17.1 Å². The summed E-state index contributed by atoms with van der Waals surface area (Å²) in [6, 6.07) is 19.5. The number of nitrogens with one attached hydrogen (secondary N) is 1. The van der Waals surface area contributed by atoms with Crippen LogP contribution in [0.25, 0.3) is 0 Å². The summed E-state index contributed by atoms with van der Waals surface area (Å²) in [5.74, 6) is -0.872. The van der Waals surface area contributed by atoms with E-state index in [1.807, 2.05) is 30.3 Å². The SMILES string of the molecule is COC(=O)c1ccc(CCc2cccc(NC(=O)c3cc(N4CCCCC4)ccc3[N+](=O)[O-])c2)cc1. The summed E-state index contributed by atoms with van der Waals surface area (Å²) >= 11 is 0. The van der Waals surface area contributed by atoms with E-state index in [1.165, 1.54) is 19.6 Å². The van der Waals surface area contributed by atoms with Crippen molar-refractivity contribution in [3.8, 4) is 0 Å². The molecule has 1 amide bonds. The minimum Gasteiger partial charge on any atom is -0.465 e. The first-order valence-corrected chi connectivity index (χ1v) is 12.1. The van der Waals surface area contributed by atoms with Crippen LogP contribution >= 0.6 is 0 Å². The number of piperidine rings is 1. The second-order valence-electron chi connectivity index (χ2n) is 8.85. The molecule has 8 nitrogen and oxygen atoms in total. The molecule has 0 aliphatic carbocycles. The zero-order valence-corrected chi connectivity index (χ0v) is 20.2. The van der Waals surface area contributed by atoms with Gasteiger partial charge in [-0.1, -0.05) is 24.3 Å². The number of amides is 1. The molecule has 3 aromatic rings. The van der Waals surface area contributed by atoms with E-state index in [9.17, 15) is 19.7 Å². The van der Waals surface area contributed by atoms with Gasteiger partial charge in [0.1, 0.15) is 5.56 Å². The number of rotatable bonds is 8. The van der Waals surface area contributed by atoms with E-state index >= 15 is 0 Å². The summed E-state index contributed by atoms with van der Waals surface area (Å²) < 4.78 is 4.73. The van der Waals surface area contributed by atoms with Crippen LogP contribution in [-0.2, 0) is 17.6 Å². The molecule has 0 radical (unpaired) electrons. The lowest BCUT2D eigenvalue weighted by Gasteiger charge is -2.29. The normalized spacial score (nSPS) is 13.2. The van der Waals surface area contributed by atoms with Gasteiger partial charge in [0.2, 0.25) is 0 Å². The maximum absolute atomic E-state index is 13.1. The van der Waals surface area contributed by atoms with Crippen LogP contribution < -0.4 is 10.2 Å². The van der Waals surface area contributed by atoms with Crippen molar-refractivity contribution in [1.29, 1.82) is 0 Å². The summed E-state index contributed by atoms with van der Waals surface area (Å²) in [5, 5.41) is 14.4. The van der Waals surface area contributed by atoms with Crippen molar-refractivity contribution in [2.24, 2.45) is 0 Å². The minimum atomic E-state index is -0.517. The fourth-order valence-electron chi connectivity index (χ4n) is 4.43. The van der Waals surface area contributed by atoms with Crippen molar-refractivity contribution >= 4 is 28.9 Å². The van der Waals surface area contributed by atoms with Crippen molar-refractivity contribution in [3.05, 3.63) is 99.1 Å². The first-order valence-electron chi connectivity index (χ1n) is 12.1. The Kier molecular flexibility index (Phi) is 7.95.